The van der Waals surface area contributed by atoms with Gasteiger partial charge in [-0.25, -0.2) is 4.79 Å². The number of urea groups is 1. The Morgan fingerprint density at radius 3 is 2.67 bits per heavy atom. The highest BCUT2D eigenvalue weighted by atomic mass is 16.2. The van der Waals surface area contributed by atoms with Gasteiger partial charge in [0.05, 0.1) is 6.54 Å². The monoisotopic (exact) mass is 289 g/mol. The predicted molar refractivity (Wildman–Crippen MR) is 81.8 cm³/mol. The van der Waals surface area contributed by atoms with Gasteiger partial charge in [0.1, 0.15) is 0 Å². The summed E-state index contributed by atoms with van der Waals surface area (Å²) in [6.45, 7) is 6.44. The number of nitrogens with one attached hydrogen (secondary N) is 2. The maximum Gasteiger partial charge on any atom is 0.321 e. The molecule has 0 saturated heterocycles. The van der Waals surface area contributed by atoms with E-state index in [0.29, 0.717) is 12.5 Å². The smallest absolute Gasteiger partial charge is 0.321 e. The standard InChI is InChI=1S/C16H23N3O2/c1-12(2)9-17-16(21)18-15(20)11-19-8-7-13-5-3-4-6-14(13)10-19/h3-6,12H,7-11H2,1-2H3,(H2,17,18,20,21). The van der Waals surface area contributed by atoms with Crippen LogP contribution in [0.5, 0.6) is 0 Å². The molecule has 5 nitrogen and oxygen atoms in total. The molecule has 1 aliphatic heterocycles. The Hall–Kier alpha value is -1.88. The van der Waals surface area contributed by atoms with E-state index in [1.54, 1.807) is 0 Å². The molecule has 1 heterocycles. The van der Waals surface area contributed by atoms with E-state index in [-0.39, 0.29) is 12.5 Å². The minimum Gasteiger partial charge on any atom is -0.338 e. The van der Waals surface area contributed by atoms with Crippen LogP contribution in [0.2, 0.25) is 0 Å². The van der Waals surface area contributed by atoms with Crippen molar-refractivity contribution in [3.05, 3.63) is 35.4 Å². The Kier molecular flexibility index (Phi) is 5.33. The van der Waals surface area contributed by atoms with Crippen molar-refractivity contribution in [3.8, 4) is 0 Å². The van der Waals surface area contributed by atoms with Crippen LogP contribution in [0.15, 0.2) is 24.3 Å². The second-order valence-corrected chi connectivity index (χ2v) is 5.88. The van der Waals surface area contributed by atoms with Gasteiger partial charge in [-0.1, -0.05) is 38.1 Å². The van der Waals surface area contributed by atoms with Gasteiger partial charge in [-0.15, -0.1) is 0 Å². The Balaban J connectivity index is 1.78. The van der Waals surface area contributed by atoms with E-state index in [4.69, 9.17) is 0 Å². The molecule has 0 aromatic heterocycles. The van der Waals surface area contributed by atoms with Crippen molar-refractivity contribution in [2.24, 2.45) is 5.92 Å². The van der Waals surface area contributed by atoms with E-state index < -0.39 is 6.03 Å². The molecule has 0 bridgehead atoms. The summed E-state index contributed by atoms with van der Waals surface area (Å²) in [5, 5.41) is 5.05. The fraction of sp³-hybridized carbons (Fsp3) is 0.500. The molecule has 0 fully saturated rings. The number of hydrogen-bond donors (Lipinski definition) is 2. The molecule has 2 rings (SSSR count). The molecule has 0 unspecified atom stereocenters. The molecule has 0 spiro atoms. The van der Waals surface area contributed by atoms with E-state index >= 15 is 0 Å². The highest BCUT2D eigenvalue weighted by Crippen LogP contribution is 2.17. The van der Waals surface area contributed by atoms with Gasteiger partial charge in [-0.3, -0.25) is 15.0 Å². The highest BCUT2D eigenvalue weighted by Gasteiger charge is 2.18. The van der Waals surface area contributed by atoms with Crippen LogP contribution >= 0.6 is 0 Å². The van der Waals surface area contributed by atoms with Gasteiger partial charge in [-0.05, 0) is 23.5 Å². The molecule has 2 N–H and O–H groups in total. The largest absolute Gasteiger partial charge is 0.338 e. The Morgan fingerprint density at radius 2 is 1.95 bits per heavy atom. The van der Waals surface area contributed by atoms with Crippen LogP contribution in [0.3, 0.4) is 0 Å². The quantitative estimate of drug-likeness (QED) is 0.883. The number of hydrogen-bond acceptors (Lipinski definition) is 3. The van der Waals surface area contributed by atoms with E-state index in [0.717, 1.165) is 19.5 Å². The summed E-state index contributed by atoms with van der Waals surface area (Å²) in [6, 6.07) is 7.87. The van der Waals surface area contributed by atoms with E-state index in [1.807, 2.05) is 26.0 Å². The first-order chi connectivity index (χ1) is 10.0. The zero-order chi connectivity index (χ0) is 15.2. The maximum atomic E-state index is 11.9. The minimum atomic E-state index is -0.411. The van der Waals surface area contributed by atoms with Crippen LogP contribution in [0, 0.1) is 5.92 Å². The Bertz CT molecular complexity index is 514. The van der Waals surface area contributed by atoms with Gasteiger partial charge in [0.15, 0.2) is 0 Å². The number of amides is 3. The molecule has 1 aliphatic rings. The first kappa shape index (κ1) is 15.5. The fourth-order valence-corrected chi connectivity index (χ4v) is 2.40. The number of benzene rings is 1. The Labute approximate surface area is 125 Å². The zero-order valence-corrected chi connectivity index (χ0v) is 12.7. The van der Waals surface area contributed by atoms with Crippen molar-refractivity contribution in [2.45, 2.75) is 26.8 Å². The number of carbonyl (C=O) groups is 2. The van der Waals surface area contributed by atoms with Crippen LogP contribution in [-0.4, -0.2) is 36.5 Å². The van der Waals surface area contributed by atoms with Crippen LogP contribution in [0.1, 0.15) is 25.0 Å². The first-order valence-corrected chi connectivity index (χ1v) is 7.41. The summed E-state index contributed by atoms with van der Waals surface area (Å²) in [7, 11) is 0. The summed E-state index contributed by atoms with van der Waals surface area (Å²) < 4.78 is 0. The third-order valence-electron chi connectivity index (χ3n) is 3.50. The number of carbonyl (C=O) groups excluding carboxylic acids is 2. The molecule has 21 heavy (non-hydrogen) atoms. The van der Waals surface area contributed by atoms with Crippen molar-refractivity contribution < 1.29 is 9.59 Å². The van der Waals surface area contributed by atoms with Crippen molar-refractivity contribution in [2.75, 3.05) is 19.6 Å². The van der Waals surface area contributed by atoms with E-state index in [2.05, 4.69) is 27.7 Å². The van der Waals surface area contributed by atoms with Gasteiger partial charge < -0.3 is 5.32 Å². The number of rotatable bonds is 4. The second-order valence-electron chi connectivity index (χ2n) is 5.88. The molecule has 0 aliphatic carbocycles. The van der Waals surface area contributed by atoms with Gasteiger partial charge in [0.25, 0.3) is 0 Å². The van der Waals surface area contributed by atoms with Gasteiger partial charge in [-0.2, -0.15) is 0 Å². The van der Waals surface area contributed by atoms with Crippen LogP contribution in [-0.2, 0) is 17.8 Å². The SMILES string of the molecule is CC(C)CNC(=O)NC(=O)CN1CCc2ccccc2C1. The molecule has 0 saturated carbocycles. The minimum absolute atomic E-state index is 0.253. The average molecular weight is 289 g/mol. The molecule has 0 atom stereocenters. The van der Waals surface area contributed by atoms with Crippen LogP contribution < -0.4 is 10.6 Å². The fourth-order valence-electron chi connectivity index (χ4n) is 2.40. The summed E-state index contributed by atoms with van der Waals surface area (Å²) in [5.41, 5.74) is 2.62. The predicted octanol–water partition coefficient (Wildman–Crippen LogP) is 1.53. The second kappa shape index (κ2) is 7.22. The van der Waals surface area contributed by atoms with Gasteiger partial charge in [0.2, 0.25) is 5.91 Å². The highest BCUT2D eigenvalue weighted by molar-refractivity contribution is 5.95. The summed E-state index contributed by atoms with van der Waals surface area (Å²) >= 11 is 0. The molecule has 3 amide bonds. The van der Waals surface area contributed by atoms with Crippen LogP contribution in [0.4, 0.5) is 4.79 Å². The molecule has 0 radical (unpaired) electrons. The molecule has 1 aromatic carbocycles. The summed E-state index contributed by atoms with van der Waals surface area (Å²) in [5.74, 6) is 0.111. The average Bonchev–Trinajstić information content (AvgIpc) is 2.45. The van der Waals surface area contributed by atoms with E-state index in [1.165, 1.54) is 11.1 Å². The Morgan fingerprint density at radius 1 is 1.24 bits per heavy atom. The van der Waals surface area contributed by atoms with E-state index in [9.17, 15) is 9.59 Å². The van der Waals surface area contributed by atoms with Crippen LogP contribution in [0.25, 0.3) is 0 Å². The third kappa shape index (κ3) is 4.86. The van der Waals surface area contributed by atoms with Gasteiger partial charge in [0, 0.05) is 19.6 Å². The van der Waals surface area contributed by atoms with Crippen molar-refractivity contribution in [1.82, 2.24) is 15.5 Å². The topological polar surface area (TPSA) is 61.4 Å². The lowest BCUT2D eigenvalue weighted by molar-refractivity contribution is -0.121. The van der Waals surface area contributed by atoms with Crippen molar-refractivity contribution >= 4 is 11.9 Å². The lowest BCUT2D eigenvalue weighted by Gasteiger charge is -2.27. The first-order valence-electron chi connectivity index (χ1n) is 7.41. The number of nitrogens with zero attached hydrogens (tertiary/aromatic N) is 1. The van der Waals surface area contributed by atoms with Gasteiger partial charge >= 0.3 is 6.03 Å². The molecule has 1 aromatic rings. The third-order valence-corrected chi connectivity index (χ3v) is 3.50. The number of fused-ring (bicyclic) bond motifs is 1. The summed E-state index contributed by atoms with van der Waals surface area (Å²) in [6.07, 6.45) is 0.947. The summed E-state index contributed by atoms with van der Waals surface area (Å²) in [4.78, 5) is 25.5. The lowest BCUT2D eigenvalue weighted by atomic mass is 10.00. The molecule has 114 valence electrons. The molecular formula is C16H23N3O2. The molecular weight excluding hydrogens is 266 g/mol. The van der Waals surface area contributed by atoms with Crippen molar-refractivity contribution in [1.29, 1.82) is 0 Å². The van der Waals surface area contributed by atoms with Crippen molar-refractivity contribution in [3.63, 3.8) is 0 Å². The lowest BCUT2D eigenvalue weighted by Crippen LogP contribution is -2.46. The zero-order valence-electron chi connectivity index (χ0n) is 12.7. The normalized spacial score (nSPS) is 14.6. The maximum absolute atomic E-state index is 11.9. The molecule has 5 heteroatoms. The number of imide groups is 1.